The van der Waals surface area contributed by atoms with Crippen molar-refractivity contribution in [1.82, 2.24) is 4.90 Å². The fourth-order valence-corrected chi connectivity index (χ4v) is 6.76. The molecular formula is C30H40N4O9. The molecule has 0 bridgehead atoms. The Labute approximate surface area is 249 Å². The van der Waals surface area contributed by atoms with Gasteiger partial charge >= 0.3 is 5.97 Å². The van der Waals surface area contributed by atoms with Crippen molar-refractivity contribution in [2.75, 3.05) is 33.1 Å². The third-order valence-electron chi connectivity index (χ3n) is 8.75. The van der Waals surface area contributed by atoms with E-state index in [4.69, 9.17) is 16.2 Å². The van der Waals surface area contributed by atoms with E-state index in [-0.39, 0.29) is 23.3 Å². The Bertz CT molecular complexity index is 1500. The summed E-state index contributed by atoms with van der Waals surface area (Å²) in [5, 5.41) is 46.7. The van der Waals surface area contributed by atoms with Gasteiger partial charge in [-0.1, -0.05) is 27.7 Å². The fourth-order valence-electron chi connectivity index (χ4n) is 6.76. The zero-order chi connectivity index (χ0) is 32.7. The standard InChI is InChI=1S/C30H40N4O9/c1-9-13(35)43-25-15-17(26(39)30(42)19(25)21(34(7)8)24(38)18(27(30)40)28(32)41)23(37)16-14(20(15)31)12(33(5)6)10-11(22(16)36)29(2,3)4/h10,15,19-21,25,36-37,40,42H,9,31H2,1-8H3,(H2,32,41)/t15-,19+,20-,21-,25-,30-/m0/s1. The number of hydrogen-bond donors (Lipinski definition) is 6. The highest BCUT2D eigenvalue weighted by Gasteiger charge is 2.70. The van der Waals surface area contributed by atoms with Gasteiger partial charge in [0.05, 0.1) is 17.5 Å². The summed E-state index contributed by atoms with van der Waals surface area (Å²) in [6.45, 7) is 7.05. The molecule has 0 aromatic heterocycles. The van der Waals surface area contributed by atoms with Crippen LogP contribution in [0.1, 0.15) is 56.8 Å². The fraction of sp³-hybridized carbons (Fsp3) is 0.533. The first-order chi connectivity index (χ1) is 19.7. The van der Waals surface area contributed by atoms with Gasteiger partial charge in [0, 0.05) is 54.9 Å². The second kappa shape index (κ2) is 10.4. The van der Waals surface area contributed by atoms with Crippen molar-refractivity contribution in [3.63, 3.8) is 0 Å². The number of phenolic OH excluding ortho intramolecular Hbond substituents is 1. The van der Waals surface area contributed by atoms with E-state index in [1.54, 1.807) is 25.1 Å². The number of nitrogens with two attached hydrogens (primary N) is 2. The van der Waals surface area contributed by atoms with Crippen LogP contribution in [0.5, 0.6) is 5.75 Å². The van der Waals surface area contributed by atoms with Crippen LogP contribution < -0.4 is 16.4 Å². The summed E-state index contributed by atoms with van der Waals surface area (Å²) in [4.78, 5) is 56.2. The number of ether oxygens (including phenoxy) is 1. The molecule has 0 saturated heterocycles. The maximum atomic E-state index is 14.4. The van der Waals surface area contributed by atoms with Crippen molar-refractivity contribution in [1.29, 1.82) is 0 Å². The van der Waals surface area contributed by atoms with E-state index >= 15 is 0 Å². The van der Waals surface area contributed by atoms with Gasteiger partial charge in [0.1, 0.15) is 28.9 Å². The smallest absolute Gasteiger partial charge is 0.305 e. The minimum atomic E-state index is -3.04. The summed E-state index contributed by atoms with van der Waals surface area (Å²) in [6.07, 6.45) is -1.70. The van der Waals surface area contributed by atoms with Gasteiger partial charge in [0.15, 0.2) is 11.4 Å². The molecule has 0 heterocycles. The predicted molar refractivity (Wildman–Crippen MR) is 156 cm³/mol. The van der Waals surface area contributed by atoms with Crippen LogP contribution in [0.3, 0.4) is 0 Å². The number of amides is 1. The maximum Gasteiger partial charge on any atom is 0.305 e. The lowest BCUT2D eigenvalue weighted by atomic mass is 9.55. The van der Waals surface area contributed by atoms with Gasteiger partial charge in [-0.25, -0.2) is 0 Å². The minimum Gasteiger partial charge on any atom is -0.508 e. The number of benzene rings is 1. The van der Waals surface area contributed by atoms with E-state index < -0.39 is 87.1 Å². The van der Waals surface area contributed by atoms with E-state index in [0.717, 1.165) is 0 Å². The first-order valence-electron chi connectivity index (χ1n) is 13.9. The highest BCUT2D eigenvalue weighted by Crippen LogP contribution is 2.58. The molecule has 43 heavy (non-hydrogen) atoms. The number of phenols is 1. The summed E-state index contributed by atoms with van der Waals surface area (Å²) in [7, 11) is 6.36. The van der Waals surface area contributed by atoms with Crippen LogP contribution in [0, 0.1) is 11.8 Å². The number of nitrogens with zero attached hydrogens (tertiary/aromatic N) is 2. The van der Waals surface area contributed by atoms with Crippen LogP contribution in [0.2, 0.25) is 0 Å². The number of aliphatic hydroxyl groups excluding tert-OH is 2. The maximum absolute atomic E-state index is 14.4. The molecule has 6 atom stereocenters. The molecule has 1 fully saturated rings. The molecule has 3 aliphatic carbocycles. The van der Waals surface area contributed by atoms with Crippen LogP contribution in [0.15, 0.2) is 23.0 Å². The number of Topliss-reactive ketones (excluding diaryl/α,β-unsaturated/α-hetero) is 2. The lowest BCUT2D eigenvalue weighted by molar-refractivity contribution is -0.185. The minimum absolute atomic E-state index is 0.132. The summed E-state index contributed by atoms with van der Waals surface area (Å²) >= 11 is 0. The molecule has 4 rings (SSSR count). The summed E-state index contributed by atoms with van der Waals surface area (Å²) in [5.74, 6) is -9.82. The Hall–Kier alpha value is -3.94. The van der Waals surface area contributed by atoms with Crippen LogP contribution in [-0.4, -0.2) is 94.7 Å². The van der Waals surface area contributed by atoms with E-state index in [1.165, 1.54) is 25.9 Å². The molecule has 234 valence electrons. The van der Waals surface area contributed by atoms with Crippen molar-refractivity contribution in [3.8, 4) is 5.75 Å². The van der Waals surface area contributed by atoms with E-state index in [1.807, 2.05) is 20.8 Å². The lowest BCUT2D eigenvalue weighted by Gasteiger charge is -2.54. The Morgan fingerprint density at radius 1 is 1.09 bits per heavy atom. The number of ketones is 2. The van der Waals surface area contributed by atoms with E-state index in [9.17, 15) is 39.6 Å². The van der Waals surface area contributed by atoms with Crippen LogP contribution in [-0.2, 0) is 29.3 Å². The molecule has 0 spiro atoms. The SMILES string of the molecule is CCC(=O)O[C@H]1[C@H]2C(=C(O)c3c(O)c(C(C)(C)C)cc(N(C)C)c3[C@@H]2N)C(=O)[C@]2(O)C(O)=C(C(N)=O)C(=O)[C@@H](N(C)C)[C@H]12. The number of anilines is 1. The van der Waals surface area contributed by atoms with Crippen LogP contribution >= 0.6 is 0 Å². The molecule has 1 aromatic rings. The number of esters is 1. The second-order valence-electron chi connectivity index (χ2n) is 12.8. The first-order valence-corrected chi connectivity index (χ1v) is 13.9. The van der Waals surface area contributed by atoms with Crippen molar-refractivity contribution in [2.45, 2.75) is 63.3 Å². The molecule has 0 unspecified atom stereocenters. The zero-order valence-electron chi connectivity index (χ0n) is 25.6. The predicted octanol–water partition coefficient (Wildman–Crippen LogP) is 0.717. The highest BCUT2D eigenvalue weighted by atomic mass is 16.5. The molecule has 3 aliphatic rings. The van der Waals surface area contributed by atoms with Gasteiger partial charge in [-0.3, -0.25) is 24.1 Å². The molecule has 8 N–H and O–H groups in total. The van der Waals surface area contributed by atoms with Gasteiger partial charge in [0.25, 0.3) is 5.91 Å². The normalized spacial score (nSPS) is 28.9. The van der Waals surface area contributed by atoms with Crippen molar-refractivity contribution in [3.05, 3.63) is 39.7 Å². The van der Waals surface area contributed by atoms with Gasteiger partial charge < -0.3 is 41.5 Å². The number of fused-ring (bicyclic) bond motifs is 3. The molecule has 1 amide bonds. The van der Waals surface area contributed by atoms with Crippen molar-refractivity contribution >= 4 is 34.9 Å². The number of rotatable bonds is 5. The lowest BCUT2D eigenvalue weighted by Crippen LogP contribution is -2.71. The van der Waals surface area contributed by atoms with E-state index in [0.29, 0.717) is 11.3 Å². The van der Waals surface area contributed by atoms with E-state index in [2.05, 4.69) is 0 Å². The van der Waals surface area contributed by atoms with Crippen molar-refractivity contribution < 1.29 is 44.3 Å². The average Bonchev–Trinajstić information content (AvgIpc) is 2.88. The Kier molecular flexibility index (Phi) is 7.70. The highest BCUT2D eigenvalue weighted by molar-refractivity contribution is 6.24. The molecule has 0 radical (unpaired) electrons. The third kappa shape index (κ3) is 4.40. The quantitative estimate of drug-likeness (QED) is 0.203. The average molecular weight is 601 g/mol. The number of primary amides is 1. The van der Waals surface area contributed by atoms with Gasteiger partial charge in [-0.05, 0) is 25.6 Å². The number of carbonyl (C=O) groups is 4. The number of likely N-dealkylation sites (N-methyl/N-ethyl adjacent to an activating group) is 1. The zero-order valence-corrected chi connectivity index (χ0v) is 25.6. The number of hydrogen-bond acceptors (Lipinski definition) is 12. The Morgan fingerprint density at radius 2 is 1.67 bits per heavy atom. The molecule has 13 heteroatoms. The monoisotopic (exact) mass is 600 g/mol. The van der Waals surface area contributed by atoms with Crippen LogP contribution in [0.4, 0.5) is 5.69 Å². The number of aromatic hydroxyl groups is 1. The number of aliphatic hydroxyl groups is 3. The summed E-state index contributed by atoms with van der Waals surface area (Å²) < 4.78 is 5.83. The van der Waals surface area contributed by atoms with Crippen LogP contribution in [0.25, 0.3) is 5.76 Å². The van der Waals surface area contributed by atoms with Gasteiger partial charge in [-0.2, -0.15) is 0 Å². The summed E-state index contributed by atoms with van der Waals surface area (Å²) in [5.41, 5.74) is 8.14. The molecule has 0 aliphatic heterocycles. The molecular weight excluding hydrogens is 560 g/mol. The Balaban J connectivity index is 2.19. The Morgan fingerprint density at radius 3 is 2.14 bits per heavy atom. The largest absolute Gasteiger partial charge is 0.508 e. The second-order valence-corrected chi connectivity index (χ2v) is 12.8. The summed E-state index contributed by atoms with van der Waals surface area (Å²) in [6, 6.07) is -0.979. The number of carbonyl (C=O) groups excluding carboxylic acids is 4. The van der Waals surface area contributed by atoms with Gasteiger partial charge in [0.2, 0.25) is 5.78 Å². The third-order valence-corrected chi connectivity index (χ3v) is 8.75. The van der Waals surface area contributed by atoms with Gasteiger partial charge in [-0.15, -0.1) is 0 Å². The molecule has 1 aromatic carbocycles. The molecule has 13 nitrogen and oxygen atoms in total. The first kappa shape index (κ1) is 32.0. The van der Waals surface area contributed by atoms with Crippen molar-refractivity contribution in [2.24, 2.45) is 23.3 Å². The molecule has 1 saturated carbocycles. The topological polar surface area (TPSA) is 217 Å².